The second-order valence-corrected chi connectivity index (χ2v) is 8.29. The molecule has 0 radical (unpaired) electrons. The number of methoxy groups -OCH3 is 1. The maximum absolute atomic E-state index is 11.9. The molecule has 0 bridgehead atoms. The largest absolute Gasteiger partial charge is 0.497 e. The van der Waals surface area contributed by atoms with E-state index in [0.29, 0.717) is 0 Å². The number of ether oxygens (including phenoxy) is 1. The topological polar surface area (TPSA) is 75.7 Å². The number of nitrogens with one attached hydrogen (secondary N) is 1. The van der Waals surface area contributed by atoms with Crippen LogP contribution in [-0.2, 0) is 21.2 Å². The van der Waals surface area contributed by atoms with E-state index in [9.17, 15) is 13.2 Å². The molecular formula is C16H26N2O4S. The molecule has 0 spiro atoms. The van der Waals surface area contributed by atoms with E-state index < -0.39 is 15.6 Å². The summed E-state index contributed by atoms with van der Waals surface area (Å²) >= 11 is 0. The first kappa shape index (κ1) is 19.4. The van der Waals surface area contributed by atoms with Crippen LogP contribution >= 0.6 is 0 Å². The molecule has 7 heteroatoms. The zero-order valence-corrected chi connectivity index (χ0v) is 15.2. The lowest BCUT2D eigenvalue weighted by Crippen LogP contribution is -2.48. The number of sulfonamides is 1. The fraction of sp³-hybridized carbons (Fsp3) is 0.562. The van der Waals surface area contributed by atoms with Gasteiger partial charge in [0.1, 0.15) is 5.75 Å². The number of nitrogens with zero attached hydrogens (tertiary/aromatic N) is 1. The molecule has 1 aromatic rings. The minimum absolute atomic E-state index is 0.141. The summed E-state index contributed by atoms with van der Waals surface area (Å²) in [7, 11) is -1.73. The highest BCUT2D eigenvalue weighted by molar-refractivity contribution is 7.88. The SMILES string of the molecule is COc1ccc(CC(=O)NCCN(C(C)(C)C)S(C)(=O)=O)cc1. The van der Waals surface area contributed by atoms with E-state index >= 15 is 0 Å². The maximum atomic E-state index is 11.9. The van der Waals surface area contributed by atoms with Crippen LogP contribution in [0.2, 0.25) is 0 Å². The van der Waals surface area contributed by atoms with Gasteiger partial charge in [0.2, 0.25) is 15.9 Å². The van der Waals surface area contributed by atoms with Crippen molar-refractivity contribution < 1.29 is 17.9 Å². The van der Waals surface area contributed by atoms with Gasteiger partial charge < -0.3 is 10.1 Å². The first-order chi connectivity index (χ1) is 10.5. The van der Waals surface area contributed by atoms with Crippen molar-refractivity contribution in [3.05, 3.63) is 29.8 Å². The van der Waals surface area contributed by atoms with Crippen LogP contribution < -0.4 is 10.1 Å². The lowest BCUT2D eigenvalue weighted by molar-refractivity contribution is -0.120. The van der Waals surface area contributed by atoms with Crippen molar-refractivity contribution in [2.24, 2.45) is 0 Å². The van der Waals surface area contributed by atoms with Gasteiger partial charge in [-0.1, -0.05) is 12.1 Å². The van der Waals surface area contributed by atoms with Crippen LogP contribution in [-0.4, -0.2) is 50.6 Å². The lowest BCUT2D eigenvalue weighted by Gasteiger charge is -2.33. The van der Waals surface area contributed by atoms with Crippen molar-refractivity contribution in [1.29, 1.82) is 0 Å². The molecule has 23 heavy (non-hydrogen) atoms. The number of hydrogen-bond donors (Lipinski definition) is 1. The third kappa shape index (κ3) is 6.58. The molecule has 0 unspecified atom stereocenters. The van der Waals surface area contributed by atoms with E-state index in [4.69, 9.17) is 4.74 Å². The number of carbonyl (C=O) groups is 1. The predicted molar refractivity (Wildman–Crippen MR) is 91.0 cm³/mol. The summed E-state index contributed by atoms with van der Waals surface area (Å²) < 4.78 is 30.1. The highest BCUT2D eigenvalue weighted by atomic mass is 32.2. The van der Waals surface area contributed by atoms with Gasteiger partial charge in [-0.15, -0.1) is 0 Å². The molecule has 0 aromatic heterocycles. The minimum atomic E-state index is -3.32. The third-order valence-corrected chi connectivity index (χ3v) is 4.84. The Morgan fingerprint density at radius 2 is 1.78 bits per heavy atom. The van der Waals surface area contributed by atoms with E-state index in [-0.39, 0.29) is 25.4 Å². The van der Waals surface area contributed by atoms with Gasteiger partial charge in [-0.25, -0.2) is 8.42 Å². The lowest BCUT2D eigenvalue weighted by atomic mass is 10.1. The van der Waals surface area contributed by atoms with Crippen molar-refractivity contribution in [1.82, 2.24) is 9.62 Å². The Bertz CT molecular complexity index is 618. The van der Waals surface area contributed by atoms with Gasteiger partial charge in [-0.3, -0.25) is 4.79 Å². The molecule has 0 atom stereocenters. The van der Waals surface area contributed by atoms with Crippen LogP contribution in [0.4, 0.5) is 0 Å². The van der Waals surface area contributed by atoms with Crippen molar-refractivity contribution in [3.8, 4) is 5.75 Å². The molecule has 1 aromatic carbocycles. The maximum Gasteiger partial charge on any atom is 0.224 e. The Balaban J connectivity index is 2.52. The van der Waals surface area contributed by atoms with E-state index in [0.717, 1.165) is 11.3 Å². The van der Waals surface area contributed by atoms with Gasteiger partial charge in [0.05, 0.1) is 19.8 Å². The van der Waals surface area contributed by atoms with Crippen LogP contribution in [0.15, 0.2) is 24.3 Å². The summed E-state index contributed by atoms with van der Waals surface area (Å²) in [5.74, 6) is 0.598. The van der Waals surface area contributed by atoms with E-state index in [2.05, 4.69) is 5.32 Å². The number of rotatable bonds is 7. The monoisotopic (exact) mass is 342 g/mol. The molecule has 1 amide bonds. The van der Waals surface area contributed by atoms with Gasteiger partial charge in [-0.2, -0.15) is 4.31 Å². The summed E-state index contributed by atoms with van der Waals surface area (Å²) in [5, 5.41) is 2.76. The van der Waals surface area contributed by atoms with Gasteiger partial charge in [0, 0.05) is 18.6 Å². The molecular weight excluding hydrogens is 316 g/mol. The standard InChI is InChI=1S/C16H26N2O4S/c1-16(2,3)18(23(5,20)21)11-10-17-15(19)12-13-6-8-14(22-4)9-7-13/h6-9H,10-12H2,1-5H3,(H,17,19). The highest BCUT2D eigenvalue weighted by Crippen LogP contribution is 2.16. The first-order valence-electron chi connectivity index (χ1n) is 7.41. The normalized spacial score (nSPS) is 12.3. The number of amides is 1. The van der Waals surface area contributed by atoms with Crippen LogP contribution in [0.1, 0.15) is 26.3 Å². The summed E-state index contributed by atoms with van der Waals surface area (Å²) in [6.45, 7) is 6.00. The predicted octanol–water partition coefficient (Wildman–Crippen LogP) is 1.41. The fourth-order valence-corrected chi connectivity index (χ4v) is 3.70. The van der Waals surface area contributed by atoms with Gasteiger partial charge >= 0.3 is 0 Å². The van der Waals surface area contributed by atoms with Gasteiger partial charge in [0.25, 0.3) is 0 Å². The van der Waals surface area contributed by atoms with Crippen LogP contribution in [0.5, 0.6) is 5.75 Å². The molecule has 0 heterocycles. The quantitative estimate of drug-likeness (QED) is 0.813. The number of carbonyl (C=O) groups excluding carboxylic acids is 1. The van der Waals surface area contributed by atoms with Crippen LogP contribution in [0.25, 0.3) is 0 Å². The van der Waals surface area contributed by atoms with Gasteiger partial charge in [-0.05, 0) is 38.5 Å². The Hall–Kier alpha value is -1.60. The average Bonchev–Trinajstić information content (AvgIpc) is 2.41. The second kappa shape index (κ2) is 7.79. The molecule has 0 aliphatic carbocycles. The van der Waals surface area contributed by atoms with Crippen molar-refractivity contribution >= 4 is 15.9 Å². The molecule has 6 nitrogen and oxygen atoms in total. The fourth-order valence-electron chi connectivity index (χ4n) is 2.29. The summed E-state index contributed by atoms with van der Waals surface area (Å²) in [4.78, 5) is 11.9. The van der Waals surface area contributed by atoms with E-state index in [1.165, 1.54) is 10.6 Å². The molecule has 130 valence electrons. The first-order valence-corrected chi connectivity index (χ1v) is 9.26. The zero-order chi connectivity index (χ0) is 17.7. The molecule has 0 aliphatic rings. The van der Waals surface area contributed by atoms with Gasteiger partial charge in [0.15, 0.2) is 0 Å². The van der Waals surface area contributed by atoms with Crippen molar-refractivity contribution in [2.75, 3.05) is 26.5 Å². The summed E-state index contributed by atoms with van der Waals surface area (Å²) in [6, 6.07) is 7.26. The highest BCUT2D eigenvalue weighted by Gasteiger charge is 2.28. The summed E-state index contributed by atoms with van der Waals surface area (Å²) in [6.07, 6.45) is 1.43. The molecule has 0 fully saturated rings. The van der Waals surface area contributed by atoms with Crippen LogP contribution in [0.3, 0.4) is 0 Å². The third-order valence-electron chi connectivity index (χ3n) is 3.31. The Labute approximate surface area is 138 Å². The molecule has 1 rings (SSSR count). The Kier molecular flexibility index (Phi) is 6.58. The van der Waals surface area contributed by atoms with E-state index in [1.807, 2.05) is 32.9 Å². The molecule has 0 saturated heterocycles. The number of benzene rings is 1. The zero-order valence-electron chi connectivity index (χ0n) is 14.4. The molecule has 1 N–H and O–H groups in total. The molecule has 0 aliphatic heterocycles. The molecule has 0 saturated carbocycles. The van der Waals surface area contributed by atoms with Crippen molar-refractivity contribution in [3.63, 3.8) is 0 Å². The van der Waals surface area contributed by atoms with Crippen LogP contribution in [0, 0.1) is 0 Å². The summed E-state index contributed by atoms with van der Waals surface area (Å²) in [5.41, 5.74) is 0.355. The Morgan fingerprint density at radius 3 is 2.22 bits per heavy atom. The number of hydrogen-bond acceptors (Lipinski definition) is 4. The van der Waals surface area contributed by atoms with E-state index in [1.54, 1.807) is 19.2 Å². The Morgan fingerprint density at radius 1 is 1.22 bits per heavy atom. The second-order valence-electron chi connectivity index (χ2n) is 6.38. The average molecular weight is 342 g/mol. The van der Waals surface area contributed by atoms with Crippen molar-refractivity contribution in [2.45, 2.75) is 32.7 Å². The smallest absolute Gasteiger partial charge is 0.224 e. The minimum Gasteiger partial charge on any atom is -0.497 e.